The number of hydrogen-bond acceptors (Lipinski definition) is 8. The molecular formula is C26H44O9. The van der Waals surface area contributed by atoms with Crippen LogP contribution in [0.4, 0.5) is 0 Å². The Morgan fingerprint density at radius 3 is 2.34 bits per heavy atom. The molecule has 4 N–H and O–H groups in total. The summed E-state index contributed by atoms with van der Waals surface area (Å²) in [6, 6.07) is 0. The average molecular weight is 501 g/mol. The Morgan fingerprint density at radius 1 is 1.03 bits per heavy atom. The van der Waals surface area contributed by atoms with Crippen molar-refractivity contribution in [3.63, 3.8) is 0 Å². The molecule has 2 heterocycles. The number of carbonyl (C=O) groups excluding carboxylic acids is 1. The molecule has 2 aliphatic rings. The quantitative estimate of drug-likeness (QED) is 0.109. The standard InChI is InChI=1S/C26H44O9/c1-16(13-23(30)33-11-9-7-5-4-6-8-10-22(28)29)12-20-25(32)24(31)19(15-34-20)14-21-26(35-21)17(2)18(3)27/h13,17-21,24-27,31-32H,4-12,14-15H2,1-3H3,(H,28,29)/b16-13+/t17-,18+,19+,20+,21+,24+,25-,26-/m1/s1. The molecule has 0 aliphatic carbocycles. The maximum atomic E-state index is 12.1. The van der Waals surface area contributed by atoms with Crippen LogP contribution in [-0.4, -0.2) is 82.2 Å². The van der Waals surface area contributed by atoms with Crippen molar-refractivity contribution in [1.82, 2.24) is 0 Å². The molecule has 202 valence electrons. The van der Waals surface area contributed by atoms with Gasteiger partial charge in [0.05, 0.1) is 43.7 Å². The minimum Gasteiger partial charge on any atom is -0.481 e. The van der Waals surface area contributed by atoms with E-state index >= 15 is 0 Å². The van der Waals surface area contributed by atoms with Gasteiger partial charge in [-0.1, -0.05) is 38.2 Å². The summed E-state index contributed by atoms with van der Waals surface area (Å²) in [5.74, 6) is -1.42. The van der Waals surface area contributed by atoms with E-state index in [9.17, 15) is 24.9 Å². The van der Waals surface area contributed by atoms with Gasteiger partial charge in [0, 0.05) is 24.3 Å². The summed E-state index contributed by atoms with van der Waals surface area (Å²) in [6.45, 7) is 6.07. The Hall–Kier alpha value is -1.52. The third-order valence-corrected chi connectivity index (χ3v) is 7.09. The van der Waals surface area contributed by atoms with Gasteiger partial charge in [-0.15, -0.1) is 0 Å². The van der Waals surface area contributed by atoms with Crippen molar-refractivity contribution >= 4 is 11.9 Å². The van der Waals surface area contributed by atoms with Gasteiger partial charge in [0.2, 0.25) is 0 Å². The summed E-state index contributed by atoms with van der Waals surface area (Å²) in [5.41, 5.74) is 0.708. The second-order valence-corrected chi connectivity index (χ2v) is 10.2. The summed E-state index contributed by atoms with van der Waals surface area (Å²) >= 11 is 0. The molecule has 0 aromatic rings. The van der Waals surface area contributed by atoms with Crippen molar-refractivity contribution in [1.29, 1.82) is 0 Å². The van der Waals surface area contributed by atoms with Crippen LogP contribution in [0.25, 0.3) is 0 Å². The third-order valence-electron chi connectivity index (χ3n) is 7.09. The molecule has 2 rings (SSSR count). The van der Waals surface area contributed by atoms with Crippen molar-refractivity contribution in [2.45, 2.75) is 115 Å². The number of unbranched alkanes of at least 4 members (excludes halogenated alkanes) is 5. The summed E-state index contributed by atoms with van der Waals surface area (Å²) in [6.07, 6.45) is 4.61. The molecule has 8 atom stereocenters. The number of hydrogen-bond donors (Lipinski definition) is 4. The number of epoxide rings is 1. The number of carboxylic acid groups (broad SMARTS) is 1. The van der Waals surface area contributed by atoms with Gasteiger partial charge in [-0.05, 0) is 39.5 Å². The van der Waals surface area contributed by atoms with Gasteiger partial charge in [-0.3, -0.25) is 4.79 Å². The van der Waals surface area contributed by atoms with Crippen LogP contribution in [0.15, 0.2) is 11.6 Å². The van der Waals surface area contributed by atoms with Gasteiger partial charge in [0.15, 0.2) is 0 Å². The van der Waals surface area contributed by atoms with Crippen LogP contribution in [-0.2, 0) is 23.8 Å². The van der Waals surface area contributed by atoms with Crippen LogP contribution in [0, 0.1) is 11.8 Å². The molecule has 35 heavy (non-hydrogen) atoms. The highest BCUT2D eigenvalue weighted by atomic mass is 16.6. The molecule has 0 aromatic heterocycles. The molecule has 0 amide bonds. The van der Waals surface area contributed by atoms with Crippen LogP contribution in [0.3, 0.4) is 0 Å². The first-order valence-electron chi connectivity index (χ1n) is 13.0. The molecule has 2 saturated heterocycles. The zero-order chi connectivity index (χ0) is 26.0. The van der Waals surface area contributed by atoms with Crippen LogP contribution in [0.1, 0.15) is 78.6 Å². The van der Waals surface area contributed by atoms with E-state index in [1.54, 1.807) is 13.8 Å². The highest BCUT2D eigenvalue weighted by Crippen LogP contribution is 2.38. The van der Waals surface area contributed by atoms with E-state index in [4.69, 9.17) is 19.3 Å². The highest BCUT2D eigenvalue weighted by molar-refractivity contribution is 5.82. The molecule has 0 bridgehead atoms. The Kier molecular flexibility index (Phi) is 12.6. The van der Waals surface area contributed by atoms with Gasteiger partial charge >= 0.3 is 11.9 Å². The van der Waals surface area contributed by atoms with Gasteiger partial charge < -0.3 is 34.6 Å². The van der Waals surface area contributed by atoms with Crippen molar-refractivity contribution in [2.24, 2.45) is 11.8 Å². The summed E-state index contributed by atoms with van der Waals surface area (Å²) in [5, 5.41) is 39.5. The zero-order valence-corrected chi connectivity index (χ0v) is 21.3. The van der Waals surface area contributed by atoms with Gasteiger partial charge in [-0.2, -0.15) is 0 Å². The van der Waals surface area contributed by atoms with Crippen LogP contribution < -0.4 is 0 Å². The van der Waals surface area contributed by atoms with Gasteiger partial charge in [0.25, 0.3) is 0 Å². The lowest BCUT2D eigenvalue weighted by atomic mass is 9.85. The van der Waals surface area contributed by atoms with Crippen LogP contribution >= 0.6 is 0 Å². The monoisotopic (exact) mass is 500 g/mol. The Morgan fingerprint density at radius 2 is 1.69 bits per heavy atom. The third kappa shape index (κ3) is 10.6. The topological polar surface area (TPSA) is 146 Å². The molecule has 0 unspecified atom stereocenters. The second kappa shape index (κ2) is 14.9. The van der Waals surface area contributed by atoms with Crippen LogP contribution in [0.5, 0.6) is 0 Å². The lowest BCUT2D eigenvalue weighted by molar-refractivity contribution is -0.165. The fourth-order valence-electron chi connectivity index (χ4n) is 4.59. The van der Waals surface area contributed by atoms with E-state index in [0.717, 1.165) is 32.1 Å². The minimum atomic E-state index is -1.06. The number of aliphatic hydroxyl groups is 3. The van der Waals surface area contributed by atoms with Gasteiger partial charge in [0.1, 0.15) is 6.10 Å². The fraction of sp³-hybridized carbons (Fsp3) is 0.846. The van der Waals surface area contributed by atoms with E-state index in [1.807, 2.05) is 6.92 Å². The summed E-state index contributed by atoms with van der Waals surface area (Å²) in [7, 11) is 0. The number of esters is 1. The molecule has 9 heteroatoms. The lowest BCUT2D eigenvalue weighted by Crippen LogP contribution is -2.50. The van der Waals surface area contributed by atoms with Crippen molar-refractivity contribution < 1.29 is 44.2 Å². The summed E-state index contributed by atoms with van der Waals surface area (Å²) < 4.78 is 16.7. The number of carboxylic acids is 1. The van der Waals surface area contributed by atoms with Crippen LogP contribution in [0.2, 0.25) is 0 Å². The number of rotatable bonds is 16. The van der Waals surface area contributed by atoms with E-state index in [0.29, 0.717) is 38.0 Å². The van der Waals surface area contributed by atoms with E-state index in [1.165, 1.54) is 6.08 Å². The molecule has 2 aliphatic heterocycles. The Bertz CT molecular complexity index is 692. The molecular weight excluding hydrogens is 456 g/mol. The number of aliphatic hydroxyl groups excluding tert-OH is 3. The Balaban J connectivity index is 1.62. The maximum Gasteiger partial charge on any atom is 0.330 e. The van der Waals surface area contributed by atoms with Crippen molar-refractivity contribution in [3.8, 4) is 0 Å². The molecule has 0 saturated carbocycles. The van der Waals surface area contributed by atoms with Gasteiger partial charge in [-0.25, -0.2) is 4.79 Å². The normalized spacial score (nSPS) is 30.5. The first kappa shape index (κ1) is 29.7. The molecule has 2 fully saturated rings. The number of carbonyl (C=O) groups is 2. The SMILES string of the molecule is C/C(=C\C(=O)OCCCCCCCCC(=O)O)C[C@@H]1OC[C@H](C[C@@H]2O[C@@H]2[C@H](C)[C@H](C)O)[C@H](O)[C@@H]1O. The van der Waals surface area contributed by atoms with Crippen molar-refractivity contribution in [3.05, 3.63) is 11.6 Å². The van der Waals surface area contributed by atoms with E-state index in [2.05, 4.69) is 0 Å². The number of ether oxygens (including phenoxy) is 3. The first-order valence-corrected chi connectivity index (χ1v) is 13.0. The smallest absolute Gasteiger partial charge is 0.330 e. The minimum absolute atomic E-state index is 0.0160. The predicted octanol–water partition coefficient (Wildman–Crippen LogP) is 2.59. The first-order chi connectivity index (χ1) is 16.6. The molecule has 0 aromatic carbocycles. The largest absolute Gasteiger partial charge is 0.481 e. The maximum absolute atomic E-state index is 12.1. The highest BCUT2D eigenvalue weighted by Gasteiger charge is 2.48. The van der Waals surface area contributed by atoms with E-state index in [-0.39, 0.29) is 30.5 Å². The predicted molar refractivity (Wildman–Crippen MR) is 129 cm³/mol. The Labute approximate surface area is 208 Å². The van der Waals surface area contributed by atoms with Crippen molar-refractivity contribution in [2.75, 3.05) is 13.2 Å². The second-order valence-electron chi connectivity index (χ2n) is 10.2. The molecule has 0 radical (unpaired) electrons. The number of aliphatic carboxylic acids is 1. The van der Waals surface area contributed by atoms with E-state index < -0.39 is 36.4 Å². The zero-order valence-electron chi connectivity index (χ0n) is 21.3. The molecule has 0 spiro atoms. The average Bonchev–Trinajstić information content (AvgIpc) is 3.55. The fourth-order valence-corrected chi connectivity index (χ4v) is 4.59. The summed E-state index contributed by atoms with van der Waals surface area (Å²) in [4.78, 5) is 22.5. The lowest BCUT2D eigenvalue weighted by Gasteiger charge is -2.38. The molecule has 9 nitrogen and oxygen atoms in total.